The normalized spacial score (nSPS) is 22.5. The molecule has 0 saturated carbocycles. The number of piperazine rings is 1. The third-order valence-corrected chi connectivity index (χ3v) is 2.86. The van der Waals surface area contributed by atoms with Gasteiger partial charge in [0, 0.05) is 13.1 Å². The van der Waals surface area contributed by atoms with Crippen molar-refractivity contribution in [2.75, 3.05) is 13.1 Å². The van der Waals surface area contributed by atoms with Crippen LogP contribution in [0.3, 0.4) is 0 Å². The molecule has 1 heterocycles. The van der Waals surface area contributed by atoms with Gasteiger partial charge < -0.3 is 10.1 Å². The van der Waals surface area contributed by atoms with E-state index in [1.807, 2.05) is 37.3 Å². The SMILES string of the molecule is CC1CN(Cc2ccccc2)C(=O)CN1O. The van der Waals surface area contributed by atoms with E-state index in [1.165, 1.54) is 0 Å². The molecule has 1 aliphatic heterocycles. The van der Waals surface area contributed by atoms with Crippen LogP contribution in [0.15, 0.2) is 30.3 Å². The van der Waals surface area contributed by atoms with E-state index in [2.05, 4.69) is 0 Å². The average molecular weight is 220 g/mol. The van der Waals surface area contributed by atoms with Crippen molar-refractivity contribution >= 4 is 5.91 Å². The summed E-state index contributed by atoms with van der Waals surface area (Å²) in [6, 6.07) is 9.89. The van der Waals surface area contributed by atoms with Crippen LogP contribution in [-0.4, -0.2) is 40.2 Å². The molecule has 1 aromatic rings. The molecule has 1 N–H and O–H groups in total. The molecule has 1 aromatic carbocycles. The van der Waals surface area contributed by atoms with Gasteiger partial charge in [-0.3, -0.25) is 4.79 Å². The molecule has 4 heteroatoms. The summed E-state index contributed by atoms with van der Waals surface area (Å²) >= 11 is 0. The molecule has 86 valence electrons. The van der Waals surface area contributed by atoms with Crippen molar-refractivity contribution in [2.45, 2.75) is 19.5 Å². The summed E-state index contributed by atoms with van der Waals surface area (Å²) < 4.78 is 0. The maximum Gasteiger partial charge on any atom is 0.239 e. The van der Waals surface area contributed by atoms with Crippen molar-refractivity contribution < 1.29 is 10.0 Å². The molecule has 0 aromatic heterocycles. The zero-order chi connectivity index (χ0) is 11.5. The first-order chi connectivity index (χ1) is 7.66. The van der Waals surface area contributed by atoms with Crippen molar-refractivity contribution in [1.29, 1.82) is 0 Å². The highest BCUT2D eigenvalue weighted by Crippen LogP contribution is 2.12. The van der Waals surface area contributed by atoms with Gasteiger partial charge in [-0.2, -0.15) is 5.06 Å². The Bertz CT molecular complexity index is 367. The minimum absolute atomic E-state index is 0.00131. The Balaban J connectivity index is 2.02. The zero-order valence-corrected chi connectivity index (χ0v) is 9.34. The first-order valence-corrected chi connectivity index (χ1v) is 5.44. The Labute approximate surface area is 95.0 Å². The fraction of sp³-hybridized carbons (Fsp3) is 0.417. The van der Waals surface area contributed by atoms with Gasteiger partial charge in [0.1, 0.15) is 6.54 Å². The summed E-state index contributed by atoms with van der Waals surface area (Å²) in [6.45, 7) is 3.19. The molecule has 1 aliphatic rings. The van der Waals surface area contributed by atoms with Crippen molar-refractivity contribution in [3.63, 3.8) is 0 Å². The third kappa shape index (κ3) is 2.40. The standard InChI is InChI=1S/C12H16N2O2/c1-10-7-13(12(15)9-14(10)16)8-11-5-3-2-4-6-11/h2-6,10,16H,7-9H2,1H3. The molecule has 4 nitrogen and oxygen atoms in total. The number of amides is 1. The van der Waals surface area contributed by atoms with E-state index in [0.717, 1.165) is 10.6 Å². The fourth-order valence-electron chi connectivity index (χ4n) is 1.87. The number of carbonyl (C=O) groups excluding carboxylic acids is 1. The van der Waals surface area contributed by atoms with E-state index >= 15 is 0 Å². The molecule has 1 amide bonds. The Kier molecular flexibility index (Phi) is 3.22. The molecular weight excluding hydrogens is 204 g/mol. The van der Waals surface area contributed by atoms with Gasteiger partial charge in [0.05, 0.1) is 6.04 Å². The minimum atomic E-state index is -0.0237. The number of hydrogen-bond acceptors (Lipinski definition) is 3. The molecule has 0 radical (unpaired) electrons. The van der Waals surface area contributed by atoms with Crippen LogP contribution in [0, 0.1) is 0 Å². The van der Waals surface area contributed by atoms with Gasteiger partial charge in [0.25, 0.3) is 0 Å². The van der Waals surface area contributed by atoms with E-state index in [-0.39, 0.29) is 18.5 Å². The number of hydroxylamine groups is 2. The van der Waals surface area contributed by atoms with Gasteiger partial charge in [-0.25, -0.2) is 0 Å². The number of benzene rings is 1. The van der Waals surface area contributed by atoms with E-state index in [0.29, 0.717) is 13.1 Å². The number of rotatable bonds is 2. The average Bonchev–Trinajstić information content (AvgIpc) is 2.27. The second kappa shape index (κ2) is 4.63. The number of nitrogens with zero attached hydrogens (tertiary/aromatic N) is 2. The van der Waals surface area contributed by atoms with Crippen molar-refractivity contribution in [1.82, 2.24) is 9.96 Å². The lowest BCUT2D eigenvalue weighted by molar-refractivity contribution is -0.174. The summed E-state index contributed by atoms with van der Waals surface area (Å²) in [7, 11) is 0. The van der Waals surface area contributed by atoms with Crippen LogP contribution < -0.4 is 0 Å². The maximum atomic E-state index is 11.7. The zero-order valence-electron chi connectivity index (χ0n) is 9.34. The van der Waals surface area contributed by atoms with E-state index in [4.69, 9.17) is 0 Å². The summed E-state index contributed by atoms with van der Waals surface area (Å²) in [5, 5.41) is 10.5. The van der Waals surface area contributed by atoms with E-state index < -0.39 is 0 Å². The van der Waals surface area contributed by atoms with E-state index in [9.17, 15) is 10.0 Å². The third-order valence-electron chi connectivity index (χ3n) is 2.86. The van der Waals surface area contributed by atoms with Crippen LogP contribution in [-0.2, 0) is 11.3 Å². The van der Waals surface area contributed by atoms with Crippen LogP contribution >= 0.6 is 0 Å². The molecule has 2 rings (SSSR count). The highest BCUT2D eigenvalue weighted by atomic mass is 16.5. The first kappa shape index (κ1) is 11.1. The summed E-state index contributed by atoms with van der Waals surface area (Å²) in [4.78, 5) is 13.5. The lowest BCUT2D eigenvalue weighted by Gasteiger charge is -2.35. The molecule has 0 spiro atoms. The van der Waals surface area contributed by atoms with Gasteiger partial charge in [0.15, 0.2) is 0 Å². The highest BCUT2D eigenvalue weighted by Gasteiger charge is 2.28. The molecule has 0 bridgehead atoms. The second-order valence-corrected chi connectivity index (χ2v) is 4.21. The smallest absolute Gasteiger partial charge is 0.239 e. The maximum absolute atomic E-state index is 11.7. The van der Waals surface area contributed by atoms with Gasteiger partial charge in [-0.1, -0.05) is 30.3 Å². The van der Waals surface area contributed by atoms with Crippen LogP contribution in [0.2, 0.25) is 0 Å². The monoisotopic (exact) mass is 220 g/mol. The highest BCUT2D eigenvalue weighted by molar-refractivity contribution is 5.79. The molecule has 1 fully saturated rings. The summed E-state index contributed by atoms with van der Waals surface area (Å²) in [5.41, 5.74) is 1.12. The topological polar surface area (TPSA) is 43.8 Å². The predicted octanol–water partition coefficient (Wildman–Crippen LogP) is 1.11. The van der Waals surface area contributed by atoms with Crippen LogP contribution in [0.25, 0.3) is 0 Å². The largest absolute Gasteiger partial charge is 0.336 e. The van der Waals surface area contributed by atoms with Crippen LogP contribution in [0.4, 0.5) is 0 Å². The van der Waals surface area contributed by atoms with Crippen molar-refractivity contribution in [3.8, 4) is 0 Å². The van der Waals surface area contributed by atoms with Crippen LogP contribution in [0.5, 0.6) is 0 Å². The Morgan fingerprint density at radius 2 is 2.06 bits per heavy atom. The molecular formula is C12H16N2O2. The molecule has 1 unspecified atom stereocenters. The summed E-state index contributed by atoms with van der Waals surface area (Å²) in [5.74, 6) is -0.0237. The Morgan fingerprint density at radius 3 is 2.75 bits per heavy atom. The molecule has 0 aliphatic carbocycles. The van der Waals surface area contributed by atoms with Crippen LogP contribution in [0.1, 0.15) is 12.5 Å². The summed E-state index contributed by atoms with van der Waals surface area (Å²) in [6.07, 6.45) is 0. The number of hydrogen-bond donors (Lipinski definition) is 1. The van der Waals surface area contributed by atoms with Crippen molar-refractivity contribution in [3.05, 3.63) is 35.9 Å². The first-order valence-electron chi connectivity index (χ1n) is 5.44. The molecule has 16 heavy (non-hydrogen) atoms. The van der Waals surface area contributed by atoms with E-state index in [1.54, 1.807) is 4.90 Å². The second-order valence-electron chi connectivity index (χ2n) is 4.21. The molecule has 1 saturated heterocycles. The predicted molar refractivity (Wildman–Crippen MR) is 59.8 cm³/mol. The molecule has 1 atom stereocenters. The van der Waals surface area contributed by atoms with Gasteiger partial charge in [-0.15, -0.1) is 0 Å². The lowest BCUT2D eigenvalue weighted by Crippen LogP contribution is -2.53. The fourth-order valence-corrected chi connectivity index (χ4v) is 1.87. The minimum Gasteiger partial charge on any atom is -0.336 e. The lowest BCUT2D eigenvalue weighted by atomic mass is 10.1. The Morgan fingerprint density at radius 1 is 1.38 bits per heavy atom. The van der Waals surface area contributed by atoms with Gasteiger partial charge in [0.2, 0.25) is 5.91 Å². The van der Waals surface area contributed by atoms with Gasteiger partial charge >= 0.3 is 0 Å². The van der Waals surface area contributed by atoms with Crippen molar-refractivity contribution in [2.24, 2.45) is 0 Å². The number of carbonyl (C=O) groups is 1. The van der Waals surface area contributed by atoms with Gasteiger partial charge in [-0.05, 0) is 12.5 Å². The Hall–Kier alpha value is -1.39. The quantitative estimate of drug-likeness (QED) is 0.812.